The molecular formula is C15H27ClN2O. The first-order valence-electron chi connectivity index (χ1n) is 7.81. The topological polar surface area (TPSA) is 55.1 Å². The summed E-state index contributed by atoms with van der Waals surface area (Å²) in [5, 5.41) is 3.26. The first-order valence-corrected chi connectivity index (χ1v) is 7.81. The van der Waals surface area contributed by atoms with Crippen LogP contribution in [0, 0.1) is 23.7 Å². The smallest absolute Gasteiger partial charge is 0.223 e. The minimum Gasteiger partial charge on any atom is -0.352 e. The Morgan fingerprint density at radius 1 is 1.05 bits per heavy atom. The number of amides is 1. The molecule has 0 aromatic carbocycles. The number of halogens is 1. The molecule has 0 aromatic rings. The van der Waals surface area contributed by atoms with Gasteiger partial charge >= 0.3 is 0 Å². The lowest BCUT2D eigenvalue weighted by molar-refractivity contribution is -0.124. The summed E-state index contributed by atoms with van der Waals surface area (Å²) >= 11 is 0. The van der Waals surface area contributed by atoms with Gasteiger partial charge in [-0.25, -0.2) is 0 Å². The van der Waals surface area contributed by atoms with Crippen LogP contribution in [0.25, 0.3) is 0 Å². The third-order valence-electron chi connectivity index (χ3n) is 5.51. The van der Waals surface area contributed by atoms with Crippen molar-refractivity contribution >= 4 is 18.3 Å². The van der Waals surface area contributed by atoms with E-state index in [1.54, 1.807) is 0 Å². The summed E-state index contributed by atoms with van der Waals surface area (Å²) in [6, 6.07) is 0.235. The lowest BCUT2D eigenvalue weighted by Crippen LogP contribution is -2.46. The van der Waals surface area contributed by atoms with Gasteiger partial charge in [-0.2, -0.15) is 0 Å². The molecule has 3 N–H and O–H groups in total. The molecule has 0 bridgehead atoms. The molecule has 3 aliphatic carbocycles. The van der Waals surface area contributed by atoms with Crippen molar-refractivity contribution in [2.45, 2.75) is 57.4 Å². The van der Waals surface area contributed by atoms with Gasteiger partial charge in [-0.3, -0.25) is 4.79 Å². The Balaban J connectivity index is 0.00000133. The van der Waals surface area contributed by atoms with E-state index in [-0.39, 0.29) is 18.4 Å². The third-order valence-corrected chi connectivity index (χ3v) is 5.51. The molecule has 0 radical (unpaired) electrons. The molecule has 0 spiro atoms. The highest BCUT2D eigenvalue weighted by atomic mass is 35.5. The highest BCUT2D eigenvalue weighted by molar-refractivity contribution is 5.85. The molecule has 0 aliphatic heterocycles. The minimum absolute atomic E-state index is 0. The Kier molecular flexibility index (Phi) is 5.13. The van der Waals surface area contributed by atoms with Crippen LogP contribution in [-0.2, 0) is 4.79 Å². The summed E-state index contributed by atoms with van der Waals surface area (Å²) in [6.45, 7) is 0.610. The molecule has 3 rings (SSSR count). The maximum Gasteiger partial charge on any atom is 0.223 e. The summed E-state index contributed by atoms with van der Waals surface area (Å²) in [4.78, 5) is 12.3. The fourth-order valence-electron chi connectivity index (χ4n) is 4.40. The standard InChI is InChI=1S/C15H26N2O.ClH/c16-9-13(10-5-2-1-3-6-10)17-15(18)14-11-7-4-8-12(11)14;/h10-14H,1-9,16H2,(H,17,18);1H. The number of hydrogen-bond donors (Lipinski definition) is 2. The van der Waals surface area contributed by atoms with Gasteiger partial charge in [0.25, 0.3) is 0 Å². The van der Waals surface area contributed by atoms with Gasteiger partial charge in [0.15, 0.2) is 0 Å². The van der Waals surface area contributed by atoms with Gasteiger partial charge in [0.2, 0.25) is 5.91 Å². The number of rotatable bonds is 4. The zero-order valence-corrected chi connectivity index (χ0v) is 12.5. The summed E-state index contributed by atoms with van der Waals surface area (Å²) < 4.78 is 0. The Morgan fingerprint density at radius 2 is 1.68 bits per heavy atom. The second-order valence-electron chi connectivity index (χ2n) is 6.53. The number of nitrogens with two attached hydrogens (primary N) is 1. The van der Waals surface area contributed by atoms with E-state index < -0.39 is 0 Å². The largest absolute Gasteiger partial charge is 0.352 e. The van der Waals surface area contributed by atoms with Crippen molar-refractivity contribution in [1.29, 1.82) is 0 Å². The van der Waals surface area contributed by atoms with Crippen LogP contribution in [0.5, 0.6) is 0 Å². The predicted octanol–water partition coefficient (Wildman–Crippen LogP) is 2.48. The van der Waals surface area contributed by atoms with E-state index in [1.807, 2.05) is 0 Å². The molecule has 3 fully saturated rings. The van der Waals surface area contributed by atoms with Gasteiger partial charge < -0.3 is 11.1 Å². The van der Waals surface area contributed by atoms with Crippen LogP contribution >= 0.6 is 12.4 Å². The van der Waals surface area contributed by atoms with E-state index in [2.05, 4.69) is 5.32 Å². The quantitative estimate of drug-likeness (QED) is 0.834. The first kappa shape index (κ1) is 15.1. The van der Waals surface area contributed by atoms with E-state index in [4.69, 9.17) is 5.73 Å². The highest BCUT2D eigenvalue weighted by Gasteiger charge is 2.56. The zero-order chi connectivity index (χ0) is 12.5. The Labute approximate surface area is 122 Å². The van der Waals surface area contributed by atoms with Crippen LogP contribution in [0.3, 0.4) is 0 Å². The molecular weight excluding hydrogens is 260 g/mol. The Bertz CT molecular complexity index is 307. The monoisotopic (exact) mass is 286 g/mol. The molecule has 3 saturated carbocycles. The van der Waals surface area contributed by atoms with Gasteiger partial charge in [-0.15, -0.1) is 12.4 Å². The molecule has 3 nitrogen and oxygen atoms in total. The van der Waals surface area contributed by atoms with Crippen LogP contribution < -0.4 is 11.1 Å². The van der Waals surface area contributed by atoms with Crippen molar-refractivity contribution < 1.29 is 4.79 Å². The van der Waals surface area contributed by atoms with Crippen LogP contribution in [0.1, 0.15) is 51.4 Å². The zero-order valence-electron chi connectivity index (χ0n) is 11.6. The molecule has 3 atom stereocenters. The lowest BCUT2D eigenvalue weighted by atomic mass is 9.84. The highest BCUT2D eigenvalue weighted by Crippen LogP contribution is 2.57. The van der Waals surface area contributed by atoms with Crippen molar-refractivity contribution in [3.63, 3.8) is 0 Å². The molecule has 4 heteroatoms. The SMILES string of the molecule is Cl.NCC(NC(=O)C1C2CCCC21)C1CCCCC1. The molecule has 3 unspecified atom stereocenters. The first-order chi connectivity index (χ1) is 8.81. The summed E-state index contributed by atoms with van der Waals surface area (Å²) in [5.74, 6) is 2.72. The number of fused-ring (bicyclic) bond motifs is 1. The second kappa shape index (κ2) is 6.45. The van der Waals surface area contributed by atoms with E-state index >= 15 is 0 Å². The lowest BCUT2D eigenvalue weighted by Gasteiger charge is -2.30. The van der Waals surface area contributed by atoms with Crippen molar-refractivity contribution in [2.75, 3.05) is 6.54 Å². The fraction of sp³-hybridized carbons (Fsp3) is 0.933. The second-order valence-corrected chi connectivity index (χ2v) is 6.53. The molecule has 110 valence electrons. The van der Waals surface area contributed by atoms with Crippen molar-refractivity contribution in [1.82, 2.24) is 5.32 Å². The minimum atomic E-state index is 0. The van der Waals surface area contributed by atoms with Gasteiger partial charge in [0, 0.05) is 18.5 Å². The van der Waals surface area contributed by atoms with Gasteiger partial charge in [0.1, 0.15) is 0 Å². The third kappa shape index (κ3) is 3.08. The number of carbonyl (C=O) groups is 1. The maximum absolute atomic E-state index is 12.3. The maximum atomic E-state index is 12.3. The Hall–Kier alpha value is -0.280. The summed E-state index contributed by atoms with van der Waals surface area (Å²) in [7, 11) is 0. The Morgan fingerprint density at radius 3 is 2.26 bits per heavy atom. The predicted molar refractivity (Wildman–Crippen MR) is 79.1 cm³/mol. The number of nitrogens with one attached hydrogen (secondary N) is 1. The average molecular weight is 287 g/mol. The van der Waals surface area contributed by atoms with Crippen LogP contribution in [0.2, 0.25) is 0 Å². The van der Waals surface area contributed by atoms with E-state index in [0.29, 0.717) is 24.3 Å². The van der Waals surface area contributed by atoms with E-state index in [1.165, 1.54) is 51.4 Å². The summed E-state index contributed by atoms with van der Waals surface area (Å²) in [5.41, 5.74) is 5.87. The number of carbonyl (C=O) groups excluding carboxylic acids is 1. The fourth-order valence-corrected chi connectivity index (χ4v) is 4.40. The van der Waals surface area contributed by atoms with E-state index in [9.17, 15) is 4.79 Å². The molecule has 19 heavy (non-hydrogen) atoms. The van der Waals surface area contributed by atoms with E-state index in [0.717, 1.165) is 11.8 Å². The van der Waals surface area contributed by atoms with Crippen LogP contribution in [-0.4, -0.2) is 18.5 Å². The molecule has 1 amide bonds. The van der Waals surface area contributed by atoms with Crippen LogP contribution in [0.4, 0.5) is 0 Å². The van der Waals surface area contributed by atoms with Crippen LogP contribution in [0.15, 0.2) is 0 Å². The summed E-state index contributed by atoms with van der Waals surface area (Å²) in [6.07, 6.45) is 10.4. The molecule has 0 aromatic heterocycles. The molecule has 0 heterocycles. The van der Waals surface area contributed by atoms with Crippen molar-refractivity contribution in [3.05, 3.63) is 0 Å². The van der Waals surface area contributed by atoms with Gasteiger partial charge in [0.05, 0.1) is 0 Å². The van der Waals surface area contributed by atoms with Gasteiger partial charge in [-0.1, -0.05) is 25.7 Å². The molecule has 0 saturated heterocycles. The van der Waals surface area contributed by atoms with Gasteiger partial charge in [-0.05, 0) is 43.4 Å². The van der Waals surface area contributed by atoms with Crippen molar-refractivity contribution in [2.24, 2.45) is 29.4 Å². The number of hydrogen-bond acceptors (Lipinski definition) is 2. The molecule has 3 aliphatic rings. The normalized spacial score (nSPS) is 35.1. The van der Waals surface area contributed by atoms with Crippen molar-refractivity contribution in [3.8, 4) is 0 Å². The average Bonchev–Trinajstić information content (AvgIpc) is 2.90.